The summed E-state index contributed by atoms with van der Waals surface area (Å²) in [6.07, 6.45) is 3.54. The van der Waals surface area contributed by atoms with E-state index in [-0.39, 0.29) is 49.4 Å². The number of benzene rings is 2. The number of aliphatic hydroxyl groups excluding tert-OH is 1. The number of carbonyl (C=O) groups is 5. The minimum absolute atomic E-state index is 0.0374. The van der Waals surface area contributed by atoms with E-state index in [2.05, 4.69) is 68.7 Å². The van der Waals surface area contributed by atoms with E-state index in [4.69, 9.17) is 4.74 Å². The molecule has 2 saturated heterocycles. The number of aromatic nitrogens is 7. The molecule has 4 atom stereocenters. The van der Waals surface area contributed by atoms with Gasteiger partial charge in [0.1, 0.15) is 24.2 Å². The lowest BCUT2D eigenvalue weighted by Crippen LogP contribution is -2.57. The number of likely N-dealkylation sites (tertiary alicyclic amines) is 2. The van der Waals surface area contributed by atoms with E-state index in [9.17, 15) is 29.1 Å². The Morgan fingerprint density at radius 2 is 1.69 bits per heavy atom. The van der Waals surface area contributed by atoms with Gasteiger partial charge in [0.05, 0.1) is 52.3 Å². The summed E-state index contributed by atoms with van der Waals surface area (Å²) in [5.74, 6) is 6.37. The Balaban J connectivity index is 0.807. The quantitative estimate of drug-likeness (QED) is 0.0636. The molecule has 4 aromatic heterocycles. The van der Waals surface area contributed by atoms with Crippen LogP contribution in [0.5, 0.6) is 5.75 Å². The first-order valence-corrected chi connectivity index (χ1v) is 26.3. The van der Waals surface area contributed by atoms with Crippen LogP contribution in [-0.2, 0) is 26.2 Å². The van der Waals surface area contributed by atoms with E-state index < -0.39 is 47.2 Å². The van der Waals surface area contributed by atoms with Gasteiger partial charge in [-0.3, -0.25) is 28.7 Å². The summed E-state index contributed by atoms with van der Waals surface area (Å²) in [5.41, 5.74) is 6.24. The largest absolute Gasteiger partial charge is 0.494 e. The predicted molar refractivity (Wildman–Crippen MR) is 291 cm³/mol. The van der Waals surface area contributed by atoms with Gasteiger partial charge in [-0.1, -0.05) is 62.9 Å². The second-order valence-electron chi connectivity index (χ2n) is 20.2. The van der Waals surface area contributed by atoms with E-state index in [1.165, 1.54) is 19.1 Å². The number of pyridine rings is 1. The maximum absolute atomic E-state index is 14.2. The van der Waals surface area contributed by atoms with E-state index in [1.54, 1.807) is 58.7 Å². The molecule has 77 heavy (non-hydrogen) atoms. The monoisotopic (exact) mass is 1060 g/mol. The molecular weight excluding hydrogens is 1000 g/mol. The van der Waals surface area contributed by atoms with Crippen molar-refractivity contribution in [2.24, 2.45) is 18.4 Å². The van der Waals surface area contributed by atoms with Crippen molar-refractivity contribution in [1.29, 1.82) is 0 Å². The molecule has 2 aromatic carbocycles. The fraction of sp³-hybridized carbons (Fsp3) is 0.400. The molecule has 2 fully saturated rings. The topological polar surface area (TPSA) is 264 Å². The SMILES string of the molecule is CNC(=O)c1nnc(Nc2ccc(C#CC3CCN(C(=O)CCC(=O)N[C@H](C(=O)N4C[C@H](O)C[C@H]4C(=O)N[C@@H](C)c4ccc(-c5scnc5C)cc4)C(C)(C)C)CC3)cn2)cc1Nc1cccc(-c2ncn(C)n2)c1OC. The second-order valence-corrected chi connectivity index (χ2v) is 21.0. The molecule has 2 aliphatic heterocycles. The van der Waals surface area contributed by atoms with Crippen molar-refractivity contribution in [1.82, 2.24) is 60.7 Å². The third-order valence-corrected chi connectivity index (χ3v) is 14.5. The molecule has 8 rings (SSSR count). The van der Waals surface area contributed by atoms with Crippen molar-refractivity contribution in [3.63, 3.8) is 0 Å². The van der Waals surface area contributed by atoms with Crippen LogP contribution in [0.3, 0.4) is 0 Å². The van der Waals surface area contributed by atoms with E-state index in [0.29, 0.717) is 71.6 Å². The van der Waals surface area contributed by atoms with Crippen LogP contribution in [0.15, 0.2) is 78.7 Å². The number of anilines is 4. The number of β-amino-alcohol motifs (C(OH)–C–C–N with tert-alkyl or cyclic N) is 1. The van der Waals surface area contributed by atoms with Crippen LogP contribution in [0.4, 0.5) is 23.0 Å². The van der Waals surface area contributed by atoms with Gasteiger partial charge in [0.2, 0.25) is 23.6 Å². The number of nitrogens with zero attached hydrogens (tertiary/aromatic N) is 9. The molecule has 0 unspecified atom stereocenters. The Kier molecular flexibility index (Phi) is 17.2. The fourth-order valence-corrected chi connectivity index (χ4v) is 10.0. The summed E-state index contributed by atoms with van der Waals surface area (Å²) >= 11 is 1.56. The number of methoxy groups -OCH3 is 1. The van der Waals surface area contributed by atoms with E-state index in [0.717, 1.165) is 21.7 Å². The minimum Gasteiger partial charge on any atom is -0.494 e. The molecule has 21 nitrogen and oxygen atoms in total. The molecule has 0 spiro atoms. The number of hydrogen-bond acceptors (Lipinski definition) is 16. The molecule has 6 heterocycles. The highest BCUT2D eigenvalue weighted by Crippen LogP contribution is 2.37. The Morgan fingerprint density at radius 1 is 0.922 bits per heavy atom. The highest BCUT2D eigenvalue weighted by molar-refractivity contribution is 7.13. The van der Waals surface area contributed by atoms with Gasteiger partial charge >= 0.3 is 0 Å². The molecule has 5 amide bonds. The van der Waals surface area contributed by atoms with Crippen molar-refractivity contribution < 1.29 is 33.8 Å². The number of amides is 5. The highest BCUT2D eigenvalue weighted by Gasteiger charge is 2.45. The normalized spacial score (nSPS) is 16.4. The van der Waals surface area contributed by atoms with Gasteiger partial charge < -0.3 is 46.2 Å². The lowest BCUT2D eigenvalue weighted by atomic mass is 9.85. The van der Waals surface area contributed by atoms with Gasteiger partial charge in [-0.05, 0) is 67.5 Å². The van der Waals surface area contributed by atoms with Crippen molar-refractivity contribution in [2.75, 3.05) is 44.4 Å². The number of aliphatic hydroxyl groups is 1. The highest BCUT2D eigenvalue weighted by atomic mass is 32.1. The minimum atomic E-state index is -1.01. The van der Waals surface area contributed by atoms with Gasteiger partial charge in [-0.2, -0.15) is 5.10 Å². The van der Waals surface area contributed by atoms with Crippen LogP contribution < -0.4 is 31.3 Å². The number of thiazole rings is 1. The van der Waals surface area contributed by atoms with Crippen molar-refractivity contribution in [3.05, 3.63) is 101 Å². The van der Waals surface area contributed by atoms with Crippen molar-refractivity contribution in [2.45, 2.75) is 91.0 Å². The Hall–Kier alpha value is -8.29. The molecule has 402 valence electrons. The molecule has 22 heteroatoms. The molecule has 0 aliphatic carbocycles. The zero-order valence-corrected chi connectivity index (χ0v) is 45.2. The number of ether oxygens (including phenoxy) is 1. The Morgan fingerprint density at radius 3 is 2.34 bits per heavy atom. The third-order valence-electron chi connectivity index (χ3n) is 13.5. The number of rotatable bonds is 16. The molecule has 2 aliphatic rings. The lowest BCUT2D eigenvalue weighted by Gasteiger charge is -2.35. The fourth-order valence-electron chi connectivity index (χ4n) is 9.23. The molecule has 0 radical (unpaired) electrons. The molecule has 6 N–H and O–H groups in total. The zero-order valence-electron chi connectivity index (χ0n) is 44.4. The molecule has 0 saturated carbocycles. The maximum atomic E-state index is 14.2. The zero-order chi connectivity index (χ0) is 55.0. The summed E-state index contributed by atoms with van der Waals surface area (Å²) in [6, 6.07) is 16.3. The average molecular weight is 1070 g/mol. The Labute approximate surface area is 451 Å². The first kappa shape index (κ1) is 55.0. The predicted octanol–water partition coefficient (Wildman–Crippen LogP) is 5.69. The summed E-state index contributed by atoms with van der Waals surface area (Å²) in [6.45, 7) is 10.2. The summed E-state index contributed by atoms with van der Waals surface area (Å²) < 4.78 is 7.35. The van der Waals surface area contributed by atoms with Crippen LogP contribution in [0.2, 0.25) is 0 Å². The first-order valence-electron chi connectivity index (χ1n) is 25.4. The maximum Gasteiger partial charge on any atom is 0.273 e. The number of aryl methyl sites for hydroxylation is 2. The number of nitrogens with one attached hydrogen (secondary N) is 5. The number of piperidine rings is 1. The van der Waals surface area contributed by atoms with Crippen LogP contribution in [0.25, 0.3) is 21.8 Å². The number of para-hydroxylation sites is 1. The molecular formula is C55H64N14O7S. The first-order chi connectivity index (χ1) is 36.9. The lowest BCUT2D eigenvalue weighted by molar-refractivity contribution is -0.144. The van der Waals surface area contributed by atoms with Crippen LogP contribution in [0, 0.1) is 30.1 Å². The van der Waals surface area contributed by atoms with Gasteiger partial charge in [0.15, 0.2) is 23.1 Å². The number of hydrogen-bond donors (Lipinski definition) is 6. The standard InChI is InChI=1S/C55H64N14O7S/c1-32(36-15-17-37(18-16-36)49-33(2)59-31-77-49)60-52(73)42-26-38(70)29-69(42)54(75)50(55(3,4)5)63-45(71)20-21-46(72)68-24-22-34(23-25-68)12-13-35-14-19-43(57-28-35)62-44-27-41(47(65-64-44)53(74)56-6)61-40-11-9-10-39(48(40)76-8)51-58-30-67(7)66-51/h9-11,14-19,27-28,30-32,34,38,42,50,70H,20-26,29H2,1-8H3,(H,56,74)(H,60,73)(H,63,71)(H2,57,61,62,64)/t32-,38+,42-,50+/m0/s1. The summed E-state index contributed by atoms with van der Waals surface area (Å²) in [4.78, 5) is 85.0. The summed E-state index contributed by atoms with van der Waals surface area (Å²) in [7, 11) is 4.82. The van der Waals surface area contributed by atoms with Crippen LogP contribution >= 0.6 is 11.3 Å². The van der Waals surface area contributed by atoms with Crippen molar-refractivity contribution >= 4 is 63.9 Å². The van der Waals surface area contributed by atoms with E-state index >= 15 is 0 Å². The third kappa shape index (κ3) is 13.4. The number of carbonyl (C=O) groups excluding carboxylic acids is 5. The van der Waals surface area contributed by atoms with Crippen molar-refractivity contribution in [3.8, 4) is 39.4 Å². The summed E-state index contributed by atoms with van der Waals surface area (Å²) in [5, 5.41) is 38.4. The van der Waals surface area contributed by atoms with Gasteiger partial charge in [0, 0.05) is 76.7 Å². The van der Waals surface area contributed by atoms with E-state index in [1.807, 2.05) is 82.6 Å². The smallest absolute Gasteiger partial charge is 0.273 e. The van der Waals surface area contributed by atoms with Gasteiger partial charge in [-0.25, -0.2) is 15.0 Å². The molecule has 6 aromatic rings. The van der Waals surface area contributed by atoms with Gasteiger partial charge in [-0.15, -0.1) is 21.5 Å². The average Bonchev–Trinajstić information content (AvgIpc) is 4.18. The Bertz CT molecular complexity index is 3170. The van der Waals surface area contributed by atoms with Crippen LogP contribution in [0.1, 0.15) is 93.2 Å². The van der Waals surface area contributed by atoms with Crippen LogP contribution in [-0.4, -0.2) is 131 Å². The second kappa shape index (κ2) is 24.1. The molecule has 0 bridgehead atoms. The van der Waals surface area contributed by atoms with Gasteiger partial charge in [0.25, 0.3) is 5.91 Å².